The fraction of sp³-hybridized carbons (Fsp3) is 0.0588. The van der Waals surface area contributed by atoms with E-state index >= 15 is 0 Å². The van der Waals surface area contributed by atoms with Crippen LogP contribution in [-0.4, -0.2) is 18.0 Å². The lowest BCUT2D eigenvalue weighted by atomic mass is 10.2. The predicted octanol–water partition coefficient (Wildman–Crippen LogP) is 4.30. The fourth-order valence-electron chi connectivity index (χ4n) is 2.43. The van der Waals surface area contributed by atoms with Gasteiger partial charge in [-0.25, -0.2) is 4.98 Å². The minimum atomic E-state index is -0.299. The standard InChI is InChI=1S/C17H12N2O3S/c1-21-13-4-2-3-10-7-14(22-16(10)13)17(20)19-11-5-6-12-15(8-11)23-9-18-12/h2-9H,1H3,(H,19,20). The molecular formula is C17H12N2O3S. The lowest BCUT2D eigenvalue weighted by molar-refractivity contribution is 0.0998. The van der Waals surface area contributed by atoms with Gasteiger partial charge < -0.3 is 14.5 Å². The van der Waals surface area contributed by atoms with Gasteiger partial charge in [0, 0.05) is 11.1 Å². The number of hydrogen-bond acceptors (Lipinski definition) is 5. The Labute approximate surface area is 135 Å². The Hall–Kier alpha value is -2.86. The molecule has 4 rings (SSSR count). The van der Waals surface area contributed by atoms with E-state index in [0.29, 0.717) is 17.0 Å². The number of carbonyl (C=O) groups excluding carboxylic acids is 1. The maximum Gasteiger partial charge on any atom is 0.291 e. The number of nitrogens with one attached hydrogen (secondary N) is 1. The summed E-state index contributed by atoms with van der Waals surface area (Å²) in [5.74, 6) is 0.550. The third kappa shape index (κ3) is 2.43. The number of nitrogens with zero attached hydrogens (tertiary/aromatic N) is 1. The van der Waals surface area contributed by atoms with Crippen molar-refractivity contribution in [2.24, 2.45) is 0 Å². The number of amides is 1. The molecule has 2 heterocycles. The number of methoxy groups -OCH3 is 1. The summed E-state index contributed by atoms with van der Waals surface area (Å²) in [6.45, 7) is 0. The van der Waals surface area contributed by atoms with Gasteiger partial charge in [-0.1, -0.05) is 12.1 Å². The van der Waals surface area contributed by atoms with E-state index in [1.54, 1.807) is 24.8 Å². The van der Waals surface area contributed by atoms with Gasteiger partial charge in [0.1, 0.15) is 0 Å². The van der Waals surface area contributed by atoms with Crippen LogP contribution in [0.5, 0.6) is 5.75 Å². The summed E-state index contributed by atoms with van der Waals surface area (Å²) in [7, 11) is 1.57. The smallest absolute Gasteiger partial charge is 0.291 e. The molecule has 0 aliphatic carbocycles. The normalized spacial score (nSPS) is 11.0. The molecule has 4 aromatic rings. The van der Waals surface area contributed by atoms with E-state index in [1.165, 1.54) is 11.3 Å². The predicted molar refractivity (Wildman–Crippen MR) is 90.3 cm³/mol. The summed E-state index contributed by atoms with van der Waals surface area (Å²) in [4.78, 5) is 16.6. The van der Waals surface area contributed by atoms with Crippen molar-refractivity contribution in [2.75, 3.05) is 12.4 Å². The van der Waals surface area contributed by atoms with Crippen molar-refractivity contribution < 1.29 is 13.9 Å². The van der Waals surface area contributed by atoms with Crippen molar-refractivity contribution in [3.63, 3.8) is 0 Å². The van der Waals surface area contributed by atoms with Crippen LogP contribution >= 0.6 is 11.3 Å². The molecular weight excluding hydrogens is 312 g/mol. The summed E-state index contributed by atoms with van der Waals surface area (Å²) in [6.07, 6.45) is 0. The number of rotatable bonds is 3. The van der Waals surface area contributed by atoms with Crippen molar-refractivity contribution in [1.29, 1.82) is 0 Å². The van der Waals surface area contributed by atoms with Crippen molar-refractivity contribution in [2.45, 2.75) is 0 Å². The maximum absolute atomic E-state index is 12.4. The number of para-hydroxylation sites is 1. The van der Waals surface area contributed by atoms with Gasteiger partial charge in [0.15, 0.2) is 17.1 Å². The molecule has 0 spiro atoms. The number of hydrogen-bond donors (Lipinski definition) is 1. The van der Waals surface area contributed by atoms with Gasteiger partial charge in [0.25, 0.3) is 5.91 Å². The zero-order valence-electron chi connectivity index (χ0n) is 12.2. The first-order valence-electron chi connectivity index (χ1n) is 6.96. The van der Waals surface area contributed by atoms with E-state index in [4.69, 9.17) is 9.15 Å². The van der Waals surface area contributed by atoms with Gasteiger partial charge >= 0.3 is 0 Å². The first-order chi connectivity index (χ1) is 11.2. The topological polar surface area (TPSA) is 64.4 Å². The van der Waals surface area contributed by atoms with Crippen molar-refractivity contribution >= 4 is 44.1 Å². The molecule has 23 heavy (non-hydrogen) atoms. The second-order valence-corrected chi connectivity index (χ2v) is 5.86. The minimum absolute atomic E-state index is 0.244. The molecule has 5 nitrogen and oxygen atoms in total. The van der Waals surface area contributed by atoms with E-state index in [1.807, 2.05) is 30.3 Å². The Morgan fingerprint density at radius 3 is 3.04 bits per heavy atom. The van der Waals surface area contributed by atoms with Crippen molar-refractivity contribution in [3.8, 4) is 5.75 Å². The molecule has 0 aliphatic heterocycles. The zero-order valence-corrected chi connectivity index (χ0v) is 13.0. The Bertz CT molecular complexity index is 1020. The third-order valence-electron chi connectivity index (χ3n) is 3.54. The Balaban J connectivity index is 1.65. The van der Waals surface area contributed by atoms with E-state index in [-0.39, 0.29) is 11.7 Å². The minimum Gasteiger partial charge on any atom is -0.493 e. The molecule has 0 atom stereocenters. The molecule has 1 N–H and O–H groups in total. The van der Waals surface area contributed by atoms with Gasteiger partial charge in [-0.2, -0.15) is 0 Å². The van der Waals surface area contributed by atoms with E-state index in [2.05, 4.69) is 10.3 Å². The van der Waals surface area contributed by atoms with Gasteiger partial charge in [0.2, 0.25) is 0 Å². The number of fused-ring (bicyclic) bond motifs is 2. The van der Waals surface area contributed by atoms with Crippen LogP contribution in [0.1, 0.15) is 10.6 Å². The highest BCUT2D eigenvalue weighted by molar-refractivity contribution is 7.16. The maximum atomic E-state index is 12.4. The highest BCUT2D eigenvalue weighted by Gasteiger charge is 2.15. The number of anilines is 1. The second kappa shape index (κ2) is 5.40. The average molecular weight is 324 g/mol. The molecule has 0 bridgehead atoms. The molecule has 0 saturated heterocycles. The SMILES string of the molecule is COc1cccc2cc(C(=O)Nc3ccc4ncsc4c3)oc12. The van der Waals surface area contributed by atoms with Crippen LogP contribution in [0, 0.1) is 0 Å². The fourth-order valence-corrected chi connectivity index (χ4v) is 3.15. The number of carbonyl (C=O) groups is 1. The number of benzene rings is 2. The summed E-state index contributed by atoms with van der Waals surface area (Å²) >= 11 is 1.53. The van der Waals surface area contributed by atoms with Gasteiger partial charge in [0.05, 0.1) is 22.8 Å². The molecule has 0 unspecified atom stereocenters. The number of thiazole rings is 1. The Kier molecular flexibility index (Phi) is 3.24. The van der Waals surface area contributed by atoms with Crippen LogP contribution in [0.3, 0.4) is 0 Å². The molecule has 0 aliphatic rings. The van der Waals surface area contributed by atoms with Crippen LogP contribution in [0.15, 0.2) is 52.4 Å². The third-order valence-corrected chi connectivity index (χ3v) is 4.33. The first kappa shape index (κ1) is 13.8. The lowest BCUT2D eigenvalue weighted by Gasteiger charge is -2.02. The summed E-state index contributed by atoms with van der Waals surface area (Å²) < 4.78 is 11.9. The molecule has 0 fully saturated rings. The highest BCUT2D eigenvalue weighted by Crippen LogP contribution is 2.29. The summed E-state index contributed by atoms with van der Waals surface area (Å²) in [5, 5.41) is 3.67. The molecule has 0 saturated carbocycles. The molecule has 1 amide bonds. The molecule has 2 aromatic carbocycles. The van der Waals surface area contributed by atoms with Crippen molar-refractivity contribution in [1.82, 2.24) is 4.98 Å². The molecule has 0 radical (unpaired) electrons. The van der Waals surface area contributed by atoms with Crippen LogP contribution in [0.2, 0.25) is 0 Å². The van der Waals surface area contributed by atoms with E-state index < -0.39 is 0 Å². The van der Waals surface area contributed by atoms with Gasteiger partial charge in [-0.15, -0.1) is 11.3 Å². The van der Waals surface area contributed by atoms with Gasteiger partial charge in [-0.3, -0.25) is 4.79 Å². The summed E-state index contributed by atoms with van der Waals surface area (Å²) in [6, 6.07) is 12.8. The quantitative estimate of drug-likeness (QED) is 0.610. The van der Waals surface area contributed by atoms with Crippen LogP contribution < -0.4 is 10.1 Å². The second-order valence-electron chi connectivity index (χ2n) is 4.98. The number of ether oxygens (including phenoxy) is 1. The number of aromatic nitrogens is 1. The van der Waals surface area contributed by atoms with E-state index in [0.717, 1.165) is 15.6 Å². The molecule has 114 valence electrons. The Morgan fingerprint density at radius 2 is 2.17 bits per heavy atom. The van der Waals surface area contributed by atoms with Crippen molar-refractivity contribution in [3.05, 3.63) is 53.7 Å². The molecule has 6 heteroatoms. The Morgan fingerprint density at radius 1 is 1.26 bits per heavy atom. The largest absolute Gasteiger partial charge is 0.493 e. The first-order valence-corrected chi connectivity index (χ1v) is 7.84. The average Bonchev–Trinajstić information content (AvgIpc) is 3.20. The monoisotopic (exact) mass is 324 g/mol. The molecule has 2 aromatic heterocycles. The number of furan rings is 1. The highest BCUT2D eigenvalue weighted by atomic mass is 32.1. The van der Waals surface area contributed by atoms with Crippen LogP contribution in [-0.2, 0) is 0 Å². The zero-order chi connectivity index (χ0) is 15.8. The van der Waals surface area contributed by atoms with E-state index in [9.17, 15) is 4.79 Å². The van der Waals surface area contributed by atoms with Gasteiger partial charge in [-0.05, 0) is 30.3 Å². The lowest BCUT2D eigenvalue weighted by Crippen LogP contribution is -2.10. The van der Waals surface area contributed by atoms with Crippen LogP contribution in [0.4, 0.5) is 5.69 Å². The summed E-state index contributed by atoms with van der Waals surface area (Å²) in [5.41, 5.74) is 3.97. The van der Waals surface area contributed by atoms with Crippen LogP contribution in [0.25, 0.3) is 21.2 Å².